The largest absolute Gasteiger partial charge is 0.302 e. The number of carbonyl (C=O) groups excluding carboxylic acids is 1. The van der Waals surface area contributed by atoms with E-state index in [1.54, 1.807) is 0 Å². The summed E-state index contributed by atoms with van der Waals surface area (Å²) in [6.45, 7) is 1.49. The molecule has 1 amide bonds. The third-order valence-corrected chi connectivity index (χ3v) is 3.05. The number of nitrogens with two attached hydrogens (primary N) is 1. The van der Waals surface area contributed by atoms with E-state index in [1.807, 2.05) is 25.2 Å². The third-order valence-electron chi connectivity index (χ3n) is 2.28. The highest BCUT2D eigenvalue weighted by atomic mass is 79.9. The Labute approximate surface area is 104 Å². The maximum absolute atomic E-state index is 11.0. The first-order valence-electron chi connectivity index (χ1n) is 5.05. The van der Waals surface area contributed by atoms with Gasteiger partial charge in [-0.05, 0) is 18.7 Å². The van der Waals surface area contributed by atoms with Gasteiger partial charge in [0.2, 0.25) is 5.91 Å². The van der Waals surface area contributed by atoms with Crippen molar-refractivity contribution in [1.29, 1.82) is 0 Å². The van der Waals surface area contributed by atoms with Gasteiger partial charge in [0.05, 0.1) is 0 Å². The van der Waals surface area contributed by atoms with Crippen molar-refractivity contribution in [1.82, 2.24) is 10.3 Å². The zero-order chi connectivity index (χ0) is 12.0. The number of amides is 1. The molecule has 0 heterocycles. The van der Waals surface area contributed by atoms with Crippen molar-refractivity contribution in [2.24, 2.45) is 5.84 Å². The predicted octanol–water partition coefficient (Wildman–Crippen LogP) is 1.26. The van der Waals surface area contributed by atoms with Crippen molar-refractivity contribution >= 4 is 21.8 Å². The smallest absolute Gasteiger partial charge is 0.235 e. The number of nitrogens with zero attached hydrogens (tertiary/aromatic N) is 1. The number of rotatable bonds is 5. The average Bonchev–Trinajstić information content (AvgIpc) is 2.29. The van der Waals surface area contributed by atoms with Gasteiger partial charge in [-0.3, -0.25) is 10.2 Å². The molecule has 0 bridgehead atoms. The monoisotopic (exact) mass is 285 g/mol. The quantitative estimate of drug-likeness (QED) is 0.487. The van der Waals surface area contributed by atoms with Crippen molar-refractivity contribution in [2.75, 3.05) is 13.6 Å². The van der Waals surface area contributed by atoms with Crippen molar-refractivity contribution in [3.63, 3.8) is 0 Å². The van der Waals surface area contributed by atoms with Crippen LogP contribution in [0.5, 0.6) is 0 Å². The molecule has 0 fully saturated rings. The van der Waals surface area contributed by atoms with E-state index in [0.717, 1.165) is 11.0 Å². The molecule has 1 aromatic rings. The second-order valence-electron chi connectivity index (χ2n) is 3.65. The molecular weight excluding hydrogens is 270 g/mol. The molecule has 0 saturated carbocycles. The Morgan fingerprint density at radius 2 is 2.19 bits per heavy atom. The van der Waals surface area contributed by atoms with Gasteiger partial charge < -0.3 is 4.90 Å². The van der Waals surface area contributed by atoms with Crippen molar-refractivity contribution in [3.05, 3.63) is 34.3 Å². The highest BCUT2D eigenvalue weighted by molar-refractivity contribution is 9.10. The van der Waals surface area contributed by atoms with Gasteiger partial charge in [-0.1, -0.05) is 34.1 Å². The molecule has 4 nitrogen and oxygen atoms in total. The number of hydrogen-bond donors (Lipinski definition) is 2. The van der Waals surface area contributed by atoms with E-state index in [9.17, 15) is 4.79 Å². The Morgan fingerprint density at radius 1 is 1.50 bits per heavy atom. The summed E-state index contributed by atoms with van der Waals surface area (Å²) in [7, 11) is 1.98. The lowest BCUT2D eigenvalue weighted by Crippen LogP contribution is -2.33. The second-order valence-corrected chi connectivity index (χ2v) is 4.50. The number of hydrazine groups is 1. The zero-order valence-electron chi connectivity index (χ0n) is 9.24. The molecule has 0 aliphatic carbocycles. The second kappa shape index (κ2) is 6.62. The van der Waals surface area contributed by atoms with Gasteiger partial charge in [-0.15, -0.1) is 0 Å². The van der Waals surface area contributed by atoms with Crippen LogP contribution in [0.25, 0.3) is 0 Å². The van der Waals surface area contributed by atoms with Gasteiger partial charge in [0.15, 0.2) is 0 Å². The van der Waals surface area contributed by atoms with Gasteiger partial charge in [0.25, 0.3) is 0 Å². The highest BCUT2D eigenvalue weighted by Gasteiger charge is 2.05. The molecule has 0 aliphatic rings. The highest BCUT2D eigenvalue weighted by Crippen LogP contribution is 2.17. The molecule has 3 N–H and O–H groups in total. The molecule has 5 heteroatoms. The fourth-order valence-corrected chi connectivity index (χ4v) is 1.77. The van der Waals surface area contributed by atoms with E-state index in [0.29, 0.717) is 13.0 Å². The van der Waals surface area contributed by atoms with Crippen molar-refractivity contribution < 1.29 is 4.79 Å². The number of hydrogen-bond acceptors (Lipinski definition) is 3. The molecule has 0 radical (unpaired) electrons. The molecule has 0 unspecified atom stereocenters. The molecule has 16 heavy (non-hydrogen) atoms. The normalized spacial score (nSPS) is 10.5. The van der Waals surface area contributed by atoms with Gasteiger partial charge >= 0.3 is 0 Å². The summed E-state index contributed by atoms with van der Waals surface area (Å²) in [5, 5.41) is 0. The summed E-state index contributed by atoms with van der Waals surface area (Å²) in [6, 6.07) is 8.05. The van der Waals surface area contributed by atoms with Crippen LogP contribution < -0.4 is 11.3 Å². The molecule has 0 aliphatic heterocycles. The van der Waals surface area contributed by atoms with Crippen LogP contribution in [0.15, 0.2) is 28.7 Å². The third kappa shape index (κ3) is 4.30. The zero-order valence-corrected chi connectivity index (χ0v) is 10.8. The van der Waals surface area contributed by atoms with Gasteiger partial charge in [-0.25, -0.2) is 5.84 Å². The van der Waals surface area contributed by atoms with E-state index >= 15 is 0 Å². The standard InChI is InChI=1S/C11H16BrN3O/c1-15(7-6-11(16)14-13)8-9-4-2-3-5-10(9)12/h2-5H,6-8,13H2,1H3,(H,14,16). The lowest BCUT2D eigenvalue weighted by molar-refractivity contribution is -0.121. The lowest BCUT2D eigenvalue weighted by Gasteiger charge is -2.16. The minimum Gasteiger partial charge on any atom is -0.302 e. The topological polar surface area (TPSA) is 58.4 Å². The Morgan fingerprint density at radius 3 is 2.81 bits per heavy atom. The van der Waals surface area contributed by atoms with Gasteiger partial charge in [-0.2, -0.15) is 0 Å². The predicted molar refractivity (Wildman–Crippen MR) is 67.4 cm³/mol. The average molecular weight is 286 g/mol. The van der Waals surface area contributed by atoms with Crippen LogP contribution in [-0.4, -0.2) is 24.4 Å². The molecule has 0 saturated heterocycles. The Balaban J connectivity index is 2.43. The van der Waals surface area contributed by atoms with Crippen molar-refractivity contribution in [2.45, 2.75) is 13.0 Å². The van der Waals surface area contributed by atoms with Crippen LogP contribution >= 0.6 is 15.9 Å². The van der Waals surface area contributed by atoms with Crippen LogP contribution in [0.4, 0.5) is 0 Å². The summed E-state index contributed by atoms with van der Waals surface area (Å²) >= 11 is 3.49. The summed E-state index contributed by atoms with van der Waals surface area (Å²) in [5.41, 5.74) is 3.33. The van der Waals surface area contributed by atoms with Crippen LogP contribution in [-0.2, 0) is 11.3 Å². The molecule has 1 aromatic carbocycles. The molecular formula is C11H16BrN3O. The minimum atomic E-state index is -0.140. The van der Waals surface area contributed by atoms with E-state index in [1.165, 1.54) is 5.56 Å². The van der Waals surface area contributed by atoms with Crippen molar-refractivity contribution in [3.8, 4) is 0 Å². The first kappa shape index (κ1) is 13.2. The summed E-state index contributed by atoms with van der Waals surface area (Å²) in [6.07, 6.45) is 0.414. The first-order chi connectivity index (χ1) is 7.63. The molecule has 0 spiro atoms. The number of nitrogens with one attached hydrogen (secondary N) is 1. The van der Waals surface area contributed by atoms with E-state index in [4.69, 9.17) is 5.84 Å². The van der Waals surface area contributed by atoms with E-state index in [-0.39, 0.29) is 5.91 Å². The maximum atomic E-state index is 11.0. The lowest BCUT2D eigenvalue weighted by atomic mass is 10.2. The first-order valence-corrected chi connectivity index (χ1v) is 5.84. The van der Waals surface area contributed by atoms with Gasteiger partial charge in [0, 0.05) is 24.0 Å². The fourth-order valence-electron chi connectivity index (χ4n) is 1.36. The molecule has 0 aromatic heterocycles. The minimum absolute atomic E-state index is 0.140. The van der Waals surface area contributed by atoms with E-state index in [2.05, 4.69) is 32.3 Å². The summed E-state index contributed by atoms with van der Waals surface area (Å²) in [4.78, 5) is 13.0. The van der Waals surface area contributed by atoms with Crippen LogP contribution in [0.2, 0.25) is 0 Å². The SMILES string of the molecule is CN(CCC(=O)NN)Cc1ccccc1Br. The Kier molecular flexibility index (Phi) is 5.45. The number of carbonyl (C=O) groups is 1. The molecule has 1 rings (SSSR count). The van der Waals surface area contributed by atoms with Crippen LogP contribution in [0, 0.1) is 0 Å². The summed E-state index contributed by atoms with van der Waals surface area (Å²) < 4.78 is 1.09. The van der Waals surface area contributed by atoms with E-state index < -0.39 is 0 Å². The van der Waals surface area contributed by atoms with Crippen LogP contribution in [0.3, 0.4) is 0 Å². The molecule has 0 atom stereocenters. The Hall–Kier alpha value is -0.910. The molecule has 88 valence electrons. The van der Waals surface area contributed by atoms with Gasteiger partial charge in [0.1, 0.15) is 0 Å². The maximum Gasteiger partial charge on any atom is 0.235 e. The summed E-state index contributed by atoms with van der Waals surface area (Å²) in [5.74, 6) is 4.87. The Bertz CT molecular complexity index is 357. The van der Waals surface area contributed by atoms with Crippen LogP contribution in [0.1, 0.15) is 12.0 Å². The fraction of sp³-hybridized carbons (Fsp3) is 0.364. The number of halogens is 1. The number of benzene rings is 1.